The third-order valence-corrected chi connectivity index (χ3v) is 4.66. The maximum absolute atomic E-state index is 9.35. The van der Waals surface area contributed by atoms with E-state index in [2.05, 4.69) is 0 Å². The van der Waals surface area contributed by atoms with Crippen LogP contribution in [0.25, 0.3) is 0 Å². The summed E-state index contributed by atoms with van der Waals surface area (Å²) < 4.78 is 0. The van der Waals surface area contributed by atoms with Crippen molar-refractivity contribution in [3.05, 3.63) is 0 Å². The maximum Gasteiger partial charge on any atom is 1.00 e. The molecule has 5 heteroatoms. The molecule has 3 nitrogen and oxygen atoms in total. The van der Waals surface area contributed by atoms with Crippen LogP contribution in [0.5, 0.6) is 0 Å². The summed E-state index contributed by atoms with van der Waals surface area (Å²) >= 11 is 0. The van der Waals surface area contributed by atoms with E-state index in [4.69, 9.17) is 0 Å². The average molecular weight is 204 g/mol. The van der Waals surface area contributed by atoms with E-state index in [1.807, 2.05) is 0 Å². The molecule has 0 aromatic carbocycles. The first-order chi connectivity index (χ1) is 4.86. The largest absolute Gasteiger partial charge is 1.00 e. The summed E-state index contributed by atoms with van der Waals surface area (Å²) in [5.74, 6) is 0. The van der Waals surface area contributed by atoms with Crippen molar-refractivity contribution in [1.29, 1.82) is 0 Å². The van der Waals surface area contributed by atoms with Crippen LogP contribution >= 0.6 is 7.28 Å². The van der Waals surface area contributed by atoms with Crippen molar-refractivity contribution in [2.24, 2.45) is 0 Å². The van der Waals surface area contributed by atoms with Crippen LogP contribution in [0.4, 0.5) is 0 Å². The van der Waals surface area contributed by atoms with Crippen LogP contribution in [0.1, 0.15) is 33.5 Å². The third-order valence-electron chi connectivity index (χ3n) is 2.43. The Hall–Kier alpha value is 1.31. The molecule has 0 radical (unpaired) electrons. The number of hydrogen-bond acceptors (Lipinski definition) is 3. The van der Waals surface area contributed by atoms with Crippen molar-refractivity contribution < 1.29 is 45.7 Å². The molecule has 1 fully saturated rings. The Labute approximate surface area is 97.1 Å². The van der Waals surface area contributed by atoms with E-state index in [-0.39, 0.29) is 36.6 Å². The molecule has 0 saturated heterocycles. The fraction of sp³-hybridized carbons (Fsp3) is 1.00. The van der Waals surface area contributed by atoms with Gasteiger partial charge in [0.15, 0.2) is 0 Å². The fourth-order valence-electron chi connectivity index (χ4n) is 1.69. The zero-order valence-electron chi connectivity index (χ0n) is 8.90. The molecule has 70 valence electrons. The van der Waals surface area contributed by atoms with Gasteiger partial charge in [-0.15, -0.1) is 0 Å². The Bertz CT molecular complexity index is 144. The van der Waals surface area contributed by atoms with Gasteiger partial charge in [-0.05, 0) is 0 Å². The molecular weight excluding hydrogens is 186 g/mol. The predicted octanol–water partition coefficient (Wildman–Crippen LogP) is -1.66. The molecule has 0 bridgehead atoms. The molecule has 0 spiro atoms. The average Bonchev–Trinajstić information content (AvgIpc) is 1.86. The SMILES string of the molecule is CP(O)(O)(O)C1CCCCC1.[H-].[Na+]. The van der Waals surface area contributed by atoms with E-state index in [9.17, 15) is 14.7 Å². The van der Waals surface area contributed by atoms with Crippen molar-refractivity contribution in [2.75, 3.05) is 6.66 Å². The van der Waals surface area contributed by atoms with E-state index in [1.54, 1.807) is 0 Å². The van der Waals surface area contributed by atoms with Crippen LogP contribution in [-0.4, -0.2) is 27.0 Å². The summed E-state index contributed by atoms with van der Waals surface area (Å²) in [5, 5.41) is 0. The van der Waals surface area contributed by atoms with Crippen molar-refractivity contribution in [2.45, 2.75) is 37.8 Å². The minimum atomic E-state index is -4.21. The molecule has 12 heavy (non-hydrogen) atoms. The summed E-state index contributed by atoms with van der Waals surface area (Å²) in [6, 6.07) is 0. The normalized spacial score (nSPS) is 23.8. The Balaban J connectivity index is 0. The second kappa shape index (κ2) is 4.22. The van der Waals surface area contributed by atoms with Crippen LogP contribution in [-0.2, 0) is 0 Å². The molecule has 1 rings (SSSR count). The Kier molecular flexibility index (Phi) is 4.68. The second-order valence-electron chi connectivity index (χ2n) is 3.76. The smallest absolute Gasteiger partial charge is 1.00 e. The summed E-state index contributed by atoms with van der Waals surface area (Å²) in [6.45, 7) is 1.20. The second-order valence-corrected chi connectivity index (χ2v) is 7.44. The van der Waals surface area contributed by atoms with Gasteiger partial charge in [0.1, 0.15) is 0 Å². The molecule has 1 aliphatic rings. The first kappa shape index (κ1) is 13.3. The Morgan fingerprint density at radius 2 is 1.50 bits per heavy atom. The molecule has 0 amide bonds. The van der Waals surface area contributed by atoms with E-state index in [0.29, 0.717) is 0 Å². The van der Waals surface area contributed by atoms with Crippen LogP contribution in [0.2, 0.25) is 0 Å². The van der Waals surface area contributed by atoms with E-state index in [0.717, 1.165) is 32.1 Å². The first-order valence-electron chi connectivity index (χ1n) is 4.12. The van der Waals surface area contributed by atoms with Crippen molar-refractivity contribution >= 4 is 7.28 Å². The molecule has 0 unspecified atom stereocenters. The van der Waals surface area contributed by atoms with Gasteiger partial charge in [-0.1, -0.05) is 0 Å². The third kappa shape index (κ3) is 4.01. The van der Waals surface area contributed by atoms with Crippen molar-refractivity contribution in [3.63, 3.8) is 0 Å². The minimum absolute atomic E-state index is 0. The van der Waals surface area contributed by atoms with Gasteiger partial charge in [-0.2, -0.15) is 0 Å². The summed E-state index contributed by atoms with van der Waals surface area (Å²) in [6.07, 6.45) is 4.70. The molecule has 0 aromatic heterocycles. The molecule has 1 aliphatic carbocycles. The summed E-state index contributed by atoms with van der Waals surface area (Å²) in [7, 11) is -4.21. The van der Waals surface area contributed by atoms with Gasteiger partial charge in [-0.25, -0.2) is 0 Å². The van der Waals surface area contributed by atoms with Gasteiger partial charge in [0, 0.05) is 0 Å². The Morgan fingerprint density at radius 3 is 1.75 bits per heavy atom. The van der Waals surface area contributed by atoms with Gasteiger partial charge in [0.2, 0.25) is 0 Å². The van der Waals surface area contributed by atoms with Gasteiger partial charge in [0.05, 0.1) is 0 Å². The molecule has 0 aliphatic heterocycles. The van der Waals surface area contributed by atoms with Crippen LogP contribution in [0.3, 0.4) is 0 Å². The van der Waals surface area contributed by atoms with Crippen molar-refractivity contribution in [1.82, 2.24) is 0 Å². The van der Waals surface area contributed by atoms with Crippen molar-refractivity contribution in [3.8, 4) is 0 Å². The Morgan fingerprint density at radius 1 is 1.08 bits per heavy atom. The van der Waals surface area contributed by atoms with Gasteiger partial charge < -0.3 is 1.43 Å². The standard InChI is InChI=1S/C7H17O3P.Na.H/c1-11(8,9,10)7-5-3-2-4-6-7;;/h7-10H,2-6H2,1H3;;/q;+1;-1. The summed E-state index contributed by atoms with van der Waals surface area (Å²) in [4.78, 5) is 28.0. The first-order valence-corrected chi connectivity index (χ1v) is 6.73. The van der Waals surface area contributed by atoms with Gasteiger partial charge >= 0.3 is 95.9 Å². The predicted molar refractivity (Wildman–Crippen MR) is 47.5 cm³/mol. The van der Waals surface area contributed by atoms with Crippen LogP contribution < -0.4 is 29.6 Å². The van der Waals surface area contributed by atoms with Crippen LogP contribution in [0, 0.1) is 0 Å². The monoisotopic (exact) mass is 204 g/mol. The van der Waals surface area contributed by atoms with Crippen LogP contribution in [0.15, 0.2) is 0 Å². The zero-order chi connectivity index (χ0) is 8.56. The minimum Gasteiger partial charge on any atom is -1.00 e. The van der Waals surface area contributed by atoms with Gasteiger partial charge in [-0.3, -0.25) is 0 Å². The van der Waals surface area contributed by atoms with E-state index in [1.165, 1.54) is 6.66 Å². The summed E-state index contributed by atoms with van der Waals surface area (Å²) in [5.41, 5.74) is -0.255. The number of hydrogen-bond donors (Lipinski definition) is 3. The molecule has 3 N–H and O–H groups in total. The van der Waals surface area contributed by atoms with E-state index >= 15 is 0 Å². The molecule has 0 aromatic rings. The number of rotatable bonds is 1. The molecule has 0 atom stereocenters. The van der Waals surface area contributed by atoms with Gasteiger partial charge in [0.25, 0.3) is 0 Å². The quantitative estimate of drug-likeness (QED) is 0.354. The van der Waals surface area contributed by atoms with E-state index < -0.39 is 7.28 Å². The zero-order valence-corrected chi connectivity index (χ0v) is 10.8. The fourth-order valence-corrected chi connectivity index (χ4v) is 3.26. The molecule has 0 heterocycles. The topological polar surface area (TPSA) is 60.7 Å². The maximum atomic E-state index is 9.35. The molecular formula is C7H18NaO3P. The molecule has 1 saturated carbocycles.